The summed E-state index contributed by atoms with van der Waals surface area (Å²) in [6.45, 7) is 6.54. The minimum absolute atomic E-state index is 0.0392. The van der Waals surface area contributed by atoms with E-state index in [2.05, 4.69) is 16.7 Å². The summed E-state index contributed by atoms with van der Waals surface area (Å²) in [5, 5.41) is 5.90. The van der Waals surface area contributed by atoms with Crippen LogP contribution in [0, 0.1) is 32.6 Å². The van der Waals surface area contributed by atoms with E-state index in [9.17, 15) is 9.59 Å². The Kier molecular flexibility index (Phi) is 4.88. The van der Waals surface area contributed by atoms with E-state index in [-0.39, 0.29) is 23.7 Å². The Balaban J connectivity index is 1.52. The molecule has 1 saturated carbocycles. The zero-order chi connectivity index (χ0) is 18.0. The second kappa shape index (κ2) is 7.09. The summed E-state index contributed by atoms with van der Waals surface area (Å²) in [6, 6.07) is 13.9. The molecule has 2 aromatic carbocycles. The lowest BCUT2D eigenvalue weighted by Gasteiger charge is -2.10. The number of benzene rings is 2. The van der Waals surface area contributed by atoms with Crippen molar-refractivity contribution in [3.05, 3.63) is 64.7 Å². The van der Waals surface area contributed by atoms with Crippen LogP contribution in [0.15, 0.2) is 42.5 Å². The first-order chi connectivity index (χ1) is 12.0. The molecule has 2 atom stereocenters. The number of rotatable bonds is 5. The first kappa shape index (κ1) is 17.2. The molecule has 1 aliphatic rings. The number of nitrogens with one attached hydrogen (secondary N) is 2. The molecule has 2 unspecified atom stereocenters. The fourth-order valence-corrected chi connectivity index (χ4v) is 3.03. The number of carbonyl (C=O) groups is 2. The van der Waals surface area contributed by atoms with Gasteiger partial charge in [-0.05, 0) is 49.9 Å². The maximum atomic E-state index is 12.4. The van der Waals surface area contributed by atoms with Gasteiger partial charge in [-0.15, -0.1) is 0 Å². The van der Waals surface area contributed by atoms with Crippen LogP contribution < -0.4 is 10.6 Å². The predicted molar refractivity (Wildman–Crippen MR) is 99.2 cm³/mol. The van der Waals surface area contributed by atoms with Crippen LogP contribution in [0.2, 0.25) is 0 Å². The third-order valence-corrected chi connectivity index (χ3v) is 4.88. The molecule has 2 aromatic rings. The first-order valence-electron chi connectivity index (χ1n) is 8.66. The van der Waals surface area contributed by atoms with Crippen LogP contribution in [0.3, 0.4) is 0 Å². The highest BCUT2D eigenvalue weighted by atomic mass is 16.2. The molecule has 0 heterocycles. The Labute approximate surface area is 148 Å². The maximum Gasteiger partial charge on any atom is 0.228 e. The predicted octanol–water partition coefficient (Wildman–Crippen LogP) is 3.50. The molecular formula is C21H24N2O2. The molecule has 2 N–H and O–H groups in total. The third-order valence-electron chi connectivity index (χ3n) is 4.88. The quantitative estimate of drug-likeness (QED) is 0.878. The molecule has 130 valence electrons. The highest BCUT2D eigenvalue weighted by Crippen LogP contribution is 2.39. The average Bonchev–Trinajstić information content (AvgIpc) is 3.38. The van der Waals surface area contributed by atoms with Crippen molar-refractivity contribution < 1.29 is 9.59 Å². The van der Waals surface area contributed by atoms with Gasteiger partial charge < -0.3 is 10.6 Å². The minimum atomic E-state index is -0.225. The van der Waals surface area contributed by atoms with Gasteiger partial charge >= 0.3 is 0 Å². The van der Waals surface area contributed by atoms with E-state index >= 15 is 0 Å². The van der Waals surface area contributed by atoms with Crippen molar-refractivity contribution in [3.8, 4) is 0 Å². The number of aryl methyl sites for hydroxylation is 2. The van der Waals surface area contributed by atoms with Crippen LogP contribution in [0.4, 0.5) is 5.69 Å². The van der Waals surface area contributed by atoms with E-state index in [0.29, 0.717) is 13.0 Å². The number of hydrogen-bond acceptors (Lipinski definition) is 2. The van der Waals surface area contributed by atoms with Crippen molar-refractivity contribution in [1.82, 2.24) is 5.32 Å². The number of carbonyl (C=O) groups excluding carboxylic acids is 2. The van der Waals surface area contributed by atoms with E-state index in [4.69, 9.17) is 0 Å². The van der Waals surface area contributed by atoms with Gasteiger partial charge in [0.25, 0.3) is 0 Å². The number of amides is 2. The maximum absolute atomic E-state index is 12.4. The lowest BCUT2D eigenvalue weighted by Crippen LogP contribution is -2.27. The number of hydrogen-bond donors (Lipinski definition) is 2. The SMILES string of the molecule is Cc1cccc(CNC(=O)C2CC2C(=O)Nc2cccc(C)c2C)c1. The zero-order valence-corrected chi connectivity index (χ0v) is 14.9. The molecule has 0 radical (unpaired) electrons. The molecule has 4 nitrogen and oxygen atoms in total. The van der Waals surface area contributed by atoms with Gasteiger partial charge in [0, 0.05) is 12.2 Å². The van der Waals surface area contributed by atoms with Crippen LogP contribution in [-0.4, -0.2) is 11.8 Å². The Bertz CT molecular complexity index is 813. The summed E-state index contributed by atoms with van der Waals surface area (Å²) in [5.41, 5.74) is 5.28. The Hall–Kier alpha value is -2.62. The van der Waals surface area contributed by atoms with Gasteiger partial charge in [-0.2, -0.15) is 0 Å². The minimum Gasteiger partial charge on any atom is -0.352 e. The monoisotopic (exact) mass is 336 g/mol. The Morgan fingerprint density at radius 3 is 2.48 bits per heavy atom. The summed E-state index contributed by atoms with van der Waals surface area (Å²) < 4.78 is 0. The Morgan fingerprint density at radius 1 is 1.00 bits per heavy atom. The second-order valence-corrected chi connectivity index (χ2v) is 6.89. The van der Waals surface area contributed by atoms with Crippen molar-refractivity contribution in [2.45, 2.75) is 33.7 Å². The van der Waals surface area contributed by atoms with Gasteiger partial charge in [-0.1, -0.05) is 42.0 Å². The third kappa shape index (κ3) is 4.08. The van der Waals surface area contributed by atoms with Crippen LogP contribution in [0.1, 0.15) is 28.7 Å². The van der Waals surface area contributed by atoms with Crippen LogP contribution in [0.5, 0.6) is 0 Å². The van der Waals surface area contributed by atoms with Crippen LogP contribution in [0.25, 0.3) is 0 Å². The van der Waals surface area contributed by atoms with E-state index in [1.54, 1.807) is 0 Å². The van der Waals surface area contributed by atoms with E-state index in [1.807, 2.05) is 57.2 Å². The van der Waals surface area contributed by atoms with Crippen molar-refractivity contribution >= 4 is 17.5 Å². The van der Waals surface area contributed by atoms with Crippen molar-refractivity contribution in [2.24, 2.45) is 11.8 Å². The molecule has 0 aliphatic heterocycles. The highest BCUT2D eigenvalue weighted by Gasteiger charge is 2.47. The summed E-state index contributed by atoms with van der Waals surface area (Å²) >= 11 is 0. The van der Waals surface area contributed by atoms with Crippen molar-refractivity contribution in [1.29, 1.82) is 0 Å². The molecule has 0 saturated heterocycles. The molecular weight excluding hydrogens is 312 g/mol. The molecule has 0 bridgehead atoms. The molecule has 2 amide bonds. The average molecular weight is 336 g/mol. The fourth-order valence-electron chi connectivity index (χ4n) is 3.03. The molecule has 0 aromatic heterocycles. The van der Waals surface area contributed by atoms with E-state index in [0.717, 1.165) is 22.4 Å². The first-order valence-corrected chi connectivity index (χ1v) is 8.66. The molecule has 4 heteroatoms. The van der Waals surface area contributed by atoms with Gasteiger partial charge in [0.2, 0.25) is 11.8 Å². The van der Waals surface area contributed by atoms with Gasteiger partial charge in [-0.3, -0.25) is 9.59 Å². The topological polar surface area (TPSA) is 58.2 Å². The van der Waals surface area contributed by atoms with Gasteiger partial charge in [0.15, 0.2) is 0 Å². The van der Waals surface area contributed by atoms with Gasteiger partial charge in [0.05, 0.1) is 11.8 Å². The molecule has 1 fully saturated rings. The van der Waals surface area contributed by atoms with Crippen molar-refractivity contribution in [3.63, 3.8) is 0 Å². The summed E-state index contributed by atoms with van der Waals surface area (Å²) in [7, 11) is 0. The van der Waals surface area contributed by atoms with E-state index < -0.39 is 0 Å². The lowest BCUT2D eigenvalue weighted by molar-refractivity contribution is -0.125. The molecule has 0 spiro atoms. The second-order valence-electron chi connectivity index (χ2n) is 6.89. The van der Waals surface area contributed by atoms with E-state index in [1.165, 1.54) is 5.56 Å². The fraction of sp³-hybridized carbons (Fsp3) is 0.333. The van der Waals surface area contributed by atoms with Crippen LogP contribution >= 0.6 is 0 Å². The normalized spacial score (nSPS) is 18.5. The molecule has 1 aliphatic carbocycles. The lowest BCUT2D eigenvalue weighted by atomic mass is 10.1. The number of anilines is 1. The summed E-state index contributed by atoms with van der Waals surface area (Å²) in [6.07, 6.45) is 0.621. The molecule has 25 heavy (non-hydrogen) atoms. The summed E-state index contributed by atoms with van der Waals surface area (Å²) in [4.78, 5) is 24.6. The van der Waals surface area contributed by atoms with Gasteiger partial charge in [-0.25, -0.2) is 0 Å². The van der Waals surface area contributed by atoms with Crippen LogP contribution in [-0.2, 0) is 16.1 Å². The molecule has 3 rings (SSSR count). The highest BCUT2D eigenvalue weighted by molar-refractivity contribution is 6.00. The summed E-state index contributed by atoms with van der Waals surface area (Å²) in [5.74, 6) is -0.542. The standard InChI is InChI=1S/C21H24N2O2/c1-13-6-4-8-16(10-13)12-22-20(24)17-11-18(17)21(25)23-19-9-5-7-14(2)15(19)3/h4-10,17-18H,11-12H2,1-3H3,(H,22,24)(H,23,25). The van der Waals surface area contributed by atoms with Crippen molar-refractivity contribution in [2.75, 3.05) is 5.32 Å². The zero-order valence-electron chi connectivity index (χ0n) is 14.9. The van der Waals surface area contributed by atoms with Gasteiger partial charge in [0.1, 0.15) is 0 Å². The Morgan fingerprint density at radius 2 is 1.72 bits per heavy atom. The largest absolute Gasteiger partial charge is 0.352 e. The smallest absolute Gasteiger partial charge is 0.228 e.